The zero-order chi connectivity index (χ0) is 12.3. The van der Waals surface area contributed by atoms with Crippen LogP contribution in [-0.4, -0.2) is 35.7 Å². The van der Waals surface area contributed by atoms with E-state index in [1.54, 1.807) is 12.1 Å². The quantitative estimate of drug-likeness (QED) is 0.834. The molecule has 1 aromatic carbocycles. The molecule has 1 unspecified atom stereocenters. The molecule has 1 heterocycles. The molecule has 0 amide bonds. The smallest absolute Gasteiger partial charge is 0.123 e. The van der Waals surface area contributed by atoms with Crippen LogP contribution in [0.15, 0.2) is 24.3 Å². The number of hydrogen-bond donors (Lipinski definition) is 2. The number of nitrogens with zero attached hydrogens (tertiary/aromatic N) is 1. The minimum atomic E-state index is -0.551. The van der Waals surface area contributed by atoms with E-state index >= 15 is 0 Å². The third-order valence-electron chi connectivity index (χ3n) is 3.32. The molecule has 1 aromatic rings. The summed E-state index contributed by atoms with van der Waals surface area (Å²) in [6, 6.07) is 6.33. The number of halogens is 1. The highest BCUT2D eigenvalue weighted by Gasteiger charge is 2.19. The minimum absolute atomic E-state index is 0.273. The lowest BCUT2D eigenvalue weighted by Gasteiger charge is -2.31. The third-order valence-corrected chi connectivity index (χ3v) is 3.32. The summed E-state index contributed by atoms with van der Waals surface area (Å²) in [5, 5.41) is 10.0. The van der Waals surface area contributed by atoms with E-state index in [9.17, 15) is 9.50 Å². The van der Waals surface area contributed by atoms with Gasteiger partial charge in [0.1, 0.15) is 5.82 Å². The lowest BCUT2D eigenvalue weighted by atomic mass is 10.0. The summed E-state index contributed by atoms with van der Waals surface area (Å²) < 4.78 is 12.7. The number of benzene rings is 1. The van der Waals surface area contributed by atoms with Crippen LogP contribution in [0.25, 0.3) is 0 Å². The lowest BCUT2D eigenvalue weighted by molar-refractivity contribution is 0.0976. The van der Waals surface area contributed by atoms with Crippen molar-refractivity contribution < 1.29 is 9.50 Å². The highest BCUT2D eigenvalue weighted by molar-refractivity contribution is 5.18. The molecule has 17 heavy (non-hydrogen) atoms. The summed E-state index contributed by atoms with van der Waals surface area (Å²) in [5.41, 5.74) is 6.59. The largest absolute Gasteiger partial charge is 0.387 e. The molecule has 3 nitrogen and oxygen atoms in total. The second kappa shape index (κ2) is 5.58. The molecule has 3 N–H and O–H groups in total. The molecule has 94 valence electrons. The van der Waals surface area contributed by atoms with Crippen molar-refractivity contribution in [3.8, 4) is 0 Å². The van der Waals surface area contributed by atoms with Crippen molar-refractivity contribution >= 4 is 0 Å². The monoisotopic (exact) mass is 238 g/mol. The molecule has 0 spiro atoms. The van der Waals surface area contributed by atoms with Crippen molar-refractivity contribution in [2.45, 2.75) is 25.0 Å². The topological polar surface area (TPSA) is 49.5 Å². The van der Waals surface area contributed by atoms with Gasteiger partial charge in [-0.1, -0.05) is 12.1 Å². The van der Waals surface area contributed by atoms with Gasteiger partial charge >= 0.3 is 0 Å². The van der Waals surface area contributed by atoms with Gasteiger partial charge in [-0.2, -0.15) is 0 Å². The van der Waals surface area contributed by atoms with Gasteiger partial charge in [0.05, 0.1) is 6.10 Å². The highest BCUT2D eigenvalue weighted by atomic mass is 19.1. The molecule has 1 aliphatic rings. The summed E-state index contributed by atoms with van der Waals surface area (Å²) >= 11 is 0. The van der Waals surface area contributed by atoms with E-state index in [1.165, 1.54) is 12.1 Å². The van der Waals surface area contributed by atoms with E-state index in [0.717, 1.165) is 31.5 Å². The van der Waals surface area contributed by atoms with Crippen molar-refractivity contribution in [3.05, 3.63) is 35.6 Å². The Morgan fingerprint density at radius 2 is 1.88 bits per heavy atom. The second-order valence-corrected chi connectivity index (χ2v) is 4.71. The van der Waals surface area contributed by atoms with Crippen molar-refractivity contribution in [2.24, 2.45) is 5.73 Å². The zero-order valence-electron chi connectivity index (χ0n) is 9.85. The fourth-order valence-electron chi connectivity index (χ4n) is 2.17. The SMILES string of the molecule is NC1CCN(CC(O)c2ccc(F)cc2)CC1. The summed E-state index contributed by atoms with van der Waals surface area (Å²) in [7, 11) is 0. The summed E-state index contributed by atoms with van der Waals surface area (Å²) in [5.74, 6) is -0.273. The lowest BCUT2D eigenvalue weighted by Crippen LogP contribution is -2.41. The summed E-state index contributed by atoms with van der Waals surface area (Å²) in [6.07, 6.45) is 1.41. The van der Waals surface area contributed by atoms with Crippen LogP contribution in [0.2, 0.25) is 0 Å². The Morgan fingerprint density at radius 1 is 1.29 bits per heavy atom. The Morgan fingerprint density at radius 3 is 2.47 bits per heavy atom. The number of aliphatic hydroxyl groups is 1. The van der Waals surface area contributed by atoms with Gasteiger partial charge in [-0.05, 0) is 43.6 Å². The Kier molecular flexibility index (Phi) is 4.10. The molecule has 0 aromatic heterocycles. The number of hydrogen-bond acceptors (Lipinski definition) is 3. The van der Waals surface area contributed by atoms with Gasteiger partial charge in [0, 0.05) is 12.6 Å². The Bertz CT molecular complexity index is 347. The number of β-amino-alcohol motifs (C(OH)–C–C–N with tert-alkyl or cyclic N) is 1. The average Bonchev–Trinajstić information content (AvgIpc) is 2.33. The maximum Gasteiger partial charge on any atom is 0.123 e. The van der Waals surface area contributed by atoms with Crippen molar-refractivity contribution in [3.63, 3.8) is 0 Å². The van der Waals surface area contributed by atoms with E-state index in [-0.39, 0.29) is 5.82 Å². The van der Waals surface area contributed by atoms with Crippen LogP contribution in [0.5, 0.6) is 0 Å². The first-order chi connectivity index (χ1) is 8.15. The molecular weight excluding hydrogens is 219 g/mol. The summed E-state index contributed by atoms with van der Waals surface area (Å²) in [6.45, 7) is 2.46. The van der Waals surface area contributed by atoms with E-state index in [2.05, 4.69) is 4.90 Å². The molecule has 0 aliphatic carbocycles. The van der Waals surface area contributed by atoms with Crippen molar-refractivity contribution in [1.29, 1.82) is 0 Å². The molecule has 0 saturated carbocycles. The molecule has 2 rings (SSSR count). The van der Waals surface area contributed by atoms with Crippen LogP contribution in [0.1, 0.15) is 24.5 Å². The second-order valence-electron chi connectivity index (χ2n) is 4.71. The standard InChI is InChI=1S/C13H19FN2O/c14-11-3-1-10(2-4-11)13(17)9-16-7-5-12(15)6-8-16/h1-4,12-13,17H,5-9,15H2. The van der Waals surface area contributed by atoms with Gasteiger partial charge in [-0.25, -0.2) is 4.39 Å². The van der Waals surface area contributed by atoms with Gasteiger partial charge in [0.25, 0.3) is 0 Å². The van der Waals surface area contributed by atoms with Crippen molar-refractivity contribution in [2.75, 3.05) is 19.6 Å². The van der Waals surface area contributed by atoms with Gasteiger partial charge in [0.2, 0.25) is 0 Å². The van der Waals surface area contributed by atoms with Gasteiger partial charge in [-0.3, -0.25) is 0 Å². The fraction of sp³-hybridized carbons (Fsp3) is 0.538. The average molecular weight is 238 g/mol. The third kappa shape index (κ3) is 3.49. The first-order valence-corrected chi connectivity index (χ1v) is 6.06. The molecule has 4 heteroatoms. The number of piperidine rings is 1. The molecular formula is C13H19FN2O. The van der Waals surface area contributed by atoms with Crippen LogP contribution in [0.3, 0.4) is 0 Å². The molecule has 1 aliphatic heterocycles. The number of rotatable bonds is 3. The first-order valence-electron chi connectivity index (χ1n) is 6.06. The van der Waals surface area contributed by atoms with Crippen LogP contribution in [0.4, 0.5) is 4.39 Å². The molecule has 1 atom stereocenters. The number of aliphatic hydroxyl groups excluding tert-OH is 1. The molecule has 1 saturated heterocycles. The Labute approximate surface area is 101 Å². The fourth-order valence-corrected chi connectivity index (χ4v) is 2.17. The van der Waals surface area contributed by atoms with Crippen molar-refractivity contribution in [1.82, 2.24) is 4.90 Å². The first kappa shape index (κ1) is 12.5. The van der Waals surface area contributed by atoms with Gasteiger partial charge in [0.15, 0.2) is 0 Å². The van der Waals surface area contributed by atoms with E-state index < -0.39 is 6.10 Å². The maximum atomic E-state index is 12.7. The highest BCUT2D eigenvalue weighted by Crippen LogP contribution is 2.17. The predicted octanol–water partition coefficient (Wildman–Crippen LogP) is 1.28. The molecule has 0 radical (unpaired) electrons. The molecule has 0 bridgehead atoms. The van der Waals surface area contributed by atoms with Crippen LogP contribution < -0.4 is 5.73 Å². The number of nitrogens with two attached hydrogens (primary N) is 1. The van der Waals surface area contributed by atoms with Gasteiger partial charge in [-0.15, -0.1) is 0 Å². The number of likely N-dealkylation sites (tertiary alicyclic amines) is 1. The van der Waals surface area contributed by atoms with E-state index in [1.807, 2.05) is 0 Å². The normalized spacial score (nSPS) is 20.4. The molecule has 1 fully saturated rings. The van der Waals surface area contributed by atoms with Crippen LogP contribution in [-0.2, 0) is 0 Å². The Hall–Kier alpha value is -0.970. The van der Waals surface area contributed by atoms with E-state index in [0.29, 0.717) is 12.6 Å². The predicted molar refractivity (Wildman–Crippen MR) is 65.0 cm³/mol. The summed E-state index contributed by atoms with van der Waals surface area (Å²) in [4.78, 5) is 2.21. The zero-order valence-corrected chi connectivity index (χ0v) is 9.85. The van der Waals surface area contributed by atoms with Crippen LogP contribution in [0, 0.1) is 5.82 Å². The van der Waals surface area contributed by atoms with Gasteiger partial charge < -0.3 is 15.7 Å². The minimum Gasteiger partial charge on any atom is -0.387 e. The maximum absolute atomic E-state index is 12.7. The van der Waals surface area contributed by atoms with Crippen LogP contribution >= 0.6 is 0 Å². The Balaban J connectivity index is 1.88. The van der Waals surface area contributed by atoms with E-state index in [4.69, 9.17) is 5.73 Å².